The molecule has 0 spiro atoms. The lowest BCUT2D eigenvalue weighted by atomic mass is 10.2. The van der Waals surface area contributed by atoms with Crippen molar-refractivity contribution in [2.45, 2.75) is 6.54 Å². The first-order chi connectivity index (χ1) is 12.1. The van der Waals surface area contributed by atoms with Gasteiger partial charge in [0, 0.05) is 5.56 Å². The molecule has 0 fully saturated rings. The second-order valence-electron chi connectivity index (χ2n) is 4.98. The van der Waals surface area contributed by atoms with Crippen LogP contribution < -0.4 is 5.43 Å². The molecular weight excluding hydrogens is 330 g/mol. The molecule has 0 aliphatic heterocycles. The van der Waals surface area contributed by atoms with E-state index < -0.39 is 17.5 Å². The Morgan fingerprint density at radius 3 is 2.72 bits per heavy atom. The molecule has 0 bridgehead atoms. The van der Waals surface area contributed by atoms with E-state index in [0.717, 1.165) is 22.5 Å². The highest BCUT2D eigenvalue weighted by molar-refractivity contribution is 5.82. The number of nitrogens with one attached hydrogen (secondary N) is 1. The van der Waals surface area contributed by atoms with Crippen molar-refractivity contribution in [3.05, 3.63) is 65.7 Å². The van der Waals surface area contributed by atoms with Gasteiger partial charge in [0.1, 0.15) is 6.54 Å². The Kier molecular flexibility index (Phi) is 4.84. The van der Waals surface area contributed by atoms with Crippen molar-refractivity contribution in [1.29, 1.82) is 0 Å². The molecule has 0 aliphatic rings. The van der Waals surface area contributed by atoms with Crippen LogP contribution in [0.5, 0.6) is 0 Å². The van der Waals surface area contributed by atoms with Crippen LogP contribution in [0.4, 0.5) is 8.78 Å². The molecule has 25 heavy (non-hydrogen) atoms. The van der Waals surface area contributed by atoms with Gasteiger partial charge in [-0.1, -0.05) is 36.4 Å². The van der Waals surface area contributed by atoms with E-state index in [-0.39, 0.29) is 6.54 Å². The molecular formula is C16H12F2N6O. The number of rotatable bonds is 5. The number of hydrogen-bond acceptors (Lipinski definition) is 5. The van der Waals surface area contributed by atoms with E-state index in [0.29, 0.717) is 11.4 Å². The lowest BCUT2D eigenvalue weighted by Gasteiger charge is -1.98. The molecule has 1 N–H and O–H groups in total. The fourth-order valence-corrected chi connectivity index (χ4v) is 1.95. The Hall–Kier alpha value is -3.49. The van der Waals surface area contributed by atoms with Gasteiger partial charge < -0.3 is 0 Å². The summed E-state index contributed by atoms with van der Waals surface area (Å²) in [7, 11) is 0. The van der Waals surface area contributed by atoms with Crippen LogP contribution in [-0.2, 0) is 11.3 Å². The molecule has 7 nitrogen and oxygen atoms in total. The van der Waals surface area contributed by atoms with E-state index in [9.17, 15) is 13.6 Å². The third kappa shape index (κ3) is 4.28. The van der Waals surface area contributed by atoms with Crippen LogP contribution in [0.2, 0.25) is 0 Å². The van der Waals surface area contributed by atoms with Crippen molar-refractivity contribution in [2.75, 3.05) is 0 Å². The predicted octanol–water partition coefficient (Wildman–Crippen LogP) is 1.77. The van der Waals surface area contributed by atoms with Crippen LogP contribution >= 0.6 is 0 Å². The largest absolute Gasteiger partial charge is 0.271 e. The van der Waals surface area contributed by atoms with Gasteiger partial charge in [0.15, 0.2) is 11.6 Å². The first kappa shape index (κ1) is 16.4. The summed E-state index contributed by atoms with van der Waals surface area (Å²) in [4.78, 5) is 12.9. The van der Waals surface area contributed by atoms with Gasteiger partial charge in [-0.3, -0.25) is 4.79 Å². The van der Waals surface area contributed by atoms with Gasteiger partial charge in [-0.25, -0.2) is 14.2 Å². The van der Waals surface area contributed by atoms with Crippen molar-refractivity contribution < 1.29 is 13.6 Å². The van der Waals surface area contributed by atoms with Crippen molar-refractivity contribution in [1.82, 2.24) is 25.6 Å². The molecule has 3 rings (SSSR count). The number of tetrazole rings is 1. The topological polar surface area (TPSA) is 85.1 Å². The van der Waals surface area contributed by atoms with E-state index in [1.54, 1.807) is 0 Å². The van der Waals surface area contributed by atoms with Gasteiger partial charge in [-0.05, 0) is 22.9 Å². The van der Waals surface area contributed by atoms with E-state index in [1.165, 1.54) is 12.3 Å². The quantitative estimate of drug-likeness (QED) is 0.566. The normalized spacial score (nSPS) is 11.0. The highest BCUT2D eigenvalue weighted by atomic mass is 19.2. The number of hydrazone groups is 1. The Morgan fingerprint density at radius 2 is 1.96 bits per heavy atom. The molecule has 3 aromatic rings. The number of nitrogens with zero attached hydrogens (tertiary/aromatic N) is 5. The van der Waals surface area contributed by atoms with Crippen LogP contribution in [-0.4, -0.2) is 32.3 Å². The number of carbonyl (C=O) groups is 1. The summed E-state index contributed by atoms with van der Waals surface area (Å²) < 4.78 is 25.8. The maximum atomic E-state index is 13.0. The van der Waals surface area contributed by atoms with Gasteiger partial charge in [-0.15, -0.1) is 10.2 Å². The number of carbonyl (C=O) groups excluding carboxylic acids is 1. The second kappa shape index (κ2) is 7.39. The minimum atomic E-state index is -0.990. The van der Waals surface area contributed by atoms with Gasteiger partial charge >= 0.3 is 0 Å². The van der Waals surface area contributed by atoms with E-state index in [4.69, 9.17) is 0 Å². The highest BCUT2D eigenvalue weighted by Gasteiger charge is 2.08. The number of halogens is 2. The molecule has 1 aromatic heterocycles. The zero-order valence-electron chi connectivity index (χ0n) is 12.8. The lowest BCUT2D eigenvalue weighted by molar-refractivity contribution is -0.122. The van der Waals surface area contributed by atoms with Crippen molar-refractivity contribution in [2.24, 2.45) is 5.10 Å². The molecule has 0 radical (unpaired) electrons. The minimum absolute atomic E-state index is 0.186. The SMILES string of the molecule is O=C(Cn1nnc(-c2ccccc2)n1)N/N=C\c1ccc(F)c(F)c1. The molecule has 1 amide bonds. The average Bonchev–Trinajstić information content (AvgIpc) is 3.07. The van der Waals surface area contributed by atoms with Crippen LogP contribution in [0.15, 0.2) is 53.6 Å². The molecule has 2 aromatic carbocycles. The first-order valence-corrected chi connectivity index (χ1v) is 7.22. The van der Waals surface area contributed by atoms with Crippen LogP contribution in [0.3, 0.4) is 0 Å². The van der Waals surface area contributed by atoms with Crippen LogP contribution in [0.25, 0.3) is 11.4 Å². The monoisotopic (exact) mass is 342 g/mol. The summed E-state index contributed by atoms with van der Waals surface area (Å²) in [5.41, 5.74) is 3.34. The maximum Gasteiger partial charge on any atom is 0.263 e. The zero-order valence-corrected chi connectivity index (χ0v) is 12.8. The lowest BCUT2D eigenvalue weighted by Crippen LogP contribution is -2.24. The first-order valence-electron chi connectivity index (χ1n) is 7.22. The Balaban J connectivity index is 1.57. The molecule has 126 valence electrons. The smallest absolute Gasteiger partial charge is 0.263 e. The Labute approximate surface area is 141 Å². The van der Waals surface area contributed by atoms with Gasteiger partial charge in [0.25, 0.3) is 5.91 Å². The third-order valence-corrected chi connectivity index (χ3v) is 3.12. The molecule has 0 saturated heterocycles. The van der Waals surface area contributed by atoms with Crippen LogP contribution in [0, 0.1) is 11.6 Å². The number of benzene rings is 2. The third-order valence-electron chi connectivity index (χ3n) is 3.12. The highest BCUT2D eigenvalue weighted by Crippen LogP contribution is 2.11. The van der Waals surface area contributed by atoms with Gasteiger partial charge in [0.2, 0.25) is 5.82 Å². The summed E-state index contributed by atoms with van der Waals surface area (Å²) in [5.74, 6) is -2.03. The molecule has 0 aliphatic carbocycles. The maximum absolute atomic E-state index is 13.0. The zero-order chi connectivity index (χ0) is 17.6. The summed E-state index contributed by atoms with van der Waals surface area (Å²) in [6.07, 6.45) is 1.20. The summed E-state index contributed by atoms with van der Waals surface area (Å²) in [6, 6.07) is 12.5. The molecule has 9 heteroatoms. The fourth-order valence-electron chi connectivity index (χ4n) is 1.95. The van der Waals surface area contributed by atoms with Crippen molar-refractivity contribution in [3.8, 4) is 11.4 Å². The summed E-state index contributed by atoms with van der Waals surface area (Å²) >= 11 is 0. The van der Waals surface area contributed by atoms with Crippen molar-refractivity contribution >= 4 is 12.1 Å². The van der Waals surface area contributed by atoms with Gasteiger partial charge in [0.05, 0.1) is 6.21 Å². The van der Waals surface area contributed by atoms with Crippen LogP contribution in [0.1, 0.15) is 5.56 Å². The van der Waals surface area contributed by atoms with Crippen molar-refractivity contribution in [3.63, 3.8) is 0 Å². The molecule has 0 unspecified atom stereocenters. The minimum Gasteiger partial charge on any atom is -0.271 e. The fraction of sp³-hybridized carbons (Fsp3) is 0.0625. The predicted molar refractivity (Wildman–Crippen MR) is 85.3 cm³/mol. The number of amides is 1. The average molecular weight is 342 g/mol. The van der Waals surface area contributed by atoms with E-state index in [2.05, 4.69) is 25.9 Å². The van der Waals surface area contributed by atoms with E-state index >= 15 is 0 Å². The Bertz CT molecular complexity index is 910. The number of aromatic nitrogens is 4. The molecule has 0 saturated carbocycles. The Morgan fingerprint density at radius 1 is 1.16 bits per heavy atom. The standard InChI is InChI=1S/C16H12F2N6O/c17-13-7-6-11(8-14(13)18)9-19-20-15(25)10-24-22-16(21-23-24)12-4-2-1-3-5-12/h1-9H,10H2,(H,20,25)/b19-9-. The molecule has 0 atom stereocenters. The van der Waals surface area contributed by atoms with Gasteiger partial charge in [-0.2, -0.15) is 9.90 Å². The summed E-state index contributed by atoms with van der Waals surface area (Å²) in [5, 5.41) is 15.4. The van der Waals surface area contributed by atoms with E-state index in [1.807, 2.05) is 30.3 Å². The summed E-state index contributed by atoms with van der Waals surface area (Å²) in [6.45, 7) is -0.186. The number of hydrogen-bond donors (Lipinski definition) is 1. The second-order valence-corrected chi connectivity index (χ2v) is 4.98. The molecule has 1 heterocycles.